The number of amides is 2. The summed E-state index contributed by atoms with van der Waals surface area (Å²) in [6.07, 6.45) is 5.02. The van der Waals surface area contributed by atoms with Crippen molar-refractivity contribution < 1.29 is 9.59 Å². The average Bonchev–Trinajstić information content (AvgIpc) is 2.82. The maximum absolute atomic E-state index is 12.2. The topological polar surface area (TPSA) is 63.4 Å². The highest BCUT2D eigenvalue weighted by atomic mass is 32.1. The fourth-order valence-electron chi connectivity index (χ4n) is 2.44. The highest BCUT2D eigenvalue weighted by Gasteiger charge is 2.30. The van der Waals surface area contributed by atoms with E-state index < -0.39 is 0 Å². The van der Waals surface area contributed by atoms with Gasteiger partial charge in [0, 0.05) is 28.4 Å². The number of hydrogen-bond donors (Lipinski definition) is 1. The number of nitrogens with two attached hydrogens (primary N) is 1. The Balaban J connectivity index is 2.03. The number of aryl methyl sites for hydroxylation is 1. The first-order valence-electron chi connectivity index (χ1n) is 6.82. The van der Waals surface area contributed by atoms with E-state index in [2.05, 4.69) is 0 Å². The van der Waals surface area contributed by atoms with Crippen LogP contribution in [-0.4, -0.2) is 29.3 Å². The largest absolute Gasteiger partial charge is 0.369 e. The highest BCUT2D eigenvalue weighted by Crippen LogP contribution is 2.22. The minimum absolute atomic E-state index is 0.0468. The molecule has 1 aliphatic heterocycles. The second kappa shape index (κ2) is 6.22. The zero-order valence-corrected chi connectivity index (χ0v) is 12.7. The van der Waals surface area contributed by atoms with Gasteiger partial charge >= 0.3 is 0 Å². The van der Waals surface area contributed by atoms with Crippen LogP contribution in [0.2, 0.25) is 0 Å². The molecule has 1 fully saturated rings. The Bertz CT molecular complexity index is 536. The van der Waals surface area contributed by atoms with Gasteiger partial charge in [-0.05, 0) is 44.9 Å². The van der Waals surface area contributed by atoms with Crippen molar-refractivity contribution in [2.45, 2.75) is 32.7 Å². The molecule has 2 unspecified atom stereocenters. The van der Waals surface area contributed by atoms with Gasteiger partial charge in [0.05, 0.1) is 5.92 Å². The summed E-state index contributed by atoms with van der Waals surface area (Å²) in [7, 11) is 0. The molecular formula is C15H20N2O2S. The Morgan fingerprint density at radius 1 is 1.40 bits per heavy atom. The van der Waals surface area contributed by atoms with E-state index in [0.29, 0.717) is 6.54 Å². The van der Waals surface area contributed by atoms with Crippen LogP contribution in [0.15, 0.2) is 18.2 Å². The molecule has 2 rings (SSSR count). The number of likely N-dealkylation sites (tertiary alicyclic amines) is 1. The normalized spacial score (nSPS) is 23.2. The van der Waals surface area contributed by atoms with Crippen molar-refractivity contribution in [2.24, 2.45) is 11.7 Å². The first-order chi connectivity index (χ1) is 9.47. The van der Waals surface area contributed by atoms with E-state index in [4.69, 9.17) is 5.73 Å². The Morgan fingerprint density at radius 2 is 2.15 bits per heavy atom. The van der Waals surface area contributed by atoms with E-state index in [1.807, 2.05) is 32.1 Å². The van der Waals surface area contributed by atoms with Gasteiger partial charge in [0.2, 0.25) is 11.8 Å². The smallest absolute Gasteiger partial charge is 0.246 e. The van der Waals surface area contributed by atoms with Gasteiger partial charge in [0.25, 0.3) is 0 Å². The fraction of sp³-hybridized carbons (Fsp3) is 0.467. The molecule has 2 atom stereocenters. The standard InChI is InChI=1S/C15H20N2O2S/c1-10-3-5-12(15(16)19)9-17(10)14(18)8-7-13-6-4-11(2)20-13/h4,6-8,10,12H,3,5,9H2,1-2H3,(H2,16,19)/b8-7+. The zero-order valence-electron chi connectivity index (χ0n) is 11.8. The van der Waals surface area contributed by atoms with Gasteiger partial charge in [0.15, 0.2) is 0 Å². The molecule has 1 aliphatic rings. The highest BCUT2D eigenvalue weighted by molar-refractivity contribution is 7.12. The van der Waals surface area contributed by atoms with Gasteiger partial charge in [-0.25, -0.2) is 0 Å². The Kier molecular flexibility index (Phi) is 4.60. The molecule has 108 valence electrons. The van der Waals surface area contributed by atoms with Crippen molar-refractivity contribution in [1.29, 1.82) is 0 Å². The molecule has 0 radical (unpaired) electrons. The van der Waals surface area contributed by atoms with E-state index >= 15 is 0 Å². The molecular weight excluding hydrogens is 272 g/mol. The molecule has 1 aromatic heterocycles. The van der Waals surface area contributed by atoms with Crippen LogP contribution in [0, 0.1) is 12.8 Å². The van der Waals surface area contributed by atoms with Crippen LogP contribution in [0.5, 0.6) is 0 Å². The van der Waals surface area contributed by atoms with E-state index in [-0.39, 0.29) is 23.8 Å². The maximum Gasteiger partial charge on any atom is 0.246 e. The zero-order chi connectivity index (χ0) is 14.7. The van der Waals surface area contributed by atoms with Crippen LogP contribution in [0.25, 0.3) is 6.08 Å². The molecule has 20 heavy (non-hydrogen) atoms. The second-order valence-electron chi connectivity index (χ2n) is 5.30. The number of piperidine rings is 1. The summed E-state index contributed by atoms with van der Waals surface area (Å²) in [5, 5.41) is 0. The van der Waals surface area contributed by atoms with Crippen LogP contribution < -0.4 is 5.73 Å². The Labute approximate surface area is 123 Å². The summed E-state index contributed by atoms with van der Waals surface area (Å²) in [6.45, 7) is 4.48. The predicted octanol–water partition coefficient (Wildman–Crippen LogP) is 2.18. The molecule has 2 N–H and O–H groups in total. The summed E-state index contributed by atoms with van der Waals surface area (Å²) in [5.41, 5.74) is 5.35. The third-order valence-corrected chi connectivity index (χ3v) is 4.68. The van der Waals surface area contributed by atoms with Gasteiger partial charge in [-0.2, -0.15) is 0 Å². The minimum atomic E-state index is -0.312. The van der Waals surface area contributed by atoms with Gasteiger partial charge in [-0.1, -0.05) is 0 Å². The van der Waals surface area contributed by atoms with Crippen LogP contribution >= 0.6 is 11.3 Å². The maximum atomic E-state index is 12.2. The second-order valence-corrected chi connectivity index (χ2v) is 6.62. The lowest BCUT2D eigenvalue weighted by Crippen LogP contribution is -2.48. The summed E-state index contributed by atoms with van der Waals surface area (Å²) in [4.78, 5) is 27.6. The van der Waals surface area contributed by atoms with Gasteiger partial charge in [-0.15, -0.1) is 11.3 Å². The van der Waals surface area contributed by atoms with E-state index in [9.17, 15) is 9.59 Å². The Morgan fingerprint density at radius 3 is 2.75 bits per heavy atom. The van der Waals surface area contributed by atoms with Crippen LogP contribution in [0.1, 0.15) is 29.5 Å². The van der Waals surface area contributed by atoms with Crippen molar-refractivity contribution in [3.8, 4) is 0 Å². The van der Waals surface area contributed by atoms with E-state index in [1.165, 1.54) is 4.88 Å². The first kappa shape index (κ1) is 14.8. The molecule has 0 saturated carbocycles. The molecule has 0 aliphatic carbocycles. The number of thiophene rings is 1. The van der Waals surface area contributed by atoms with Gasteiger partial charge < -0.3 is 10.6 Å². The number of carbonyl (C=O) groups excluding carboxylic acids is 2. The lowest BCUT2D eigenvalue weighted by Gasteiger charge is -2.36. The van der Waals surface area contributed by atoms with Crippen molar-refractivity contribution >= 4 is 29.2 Å². The quantitative estimate of drug-likeness (QED) is 0.868. The van der Waals surface area contributed by atoms with E-state index in [1.54, 1.807) is 22.3 Å². The van der Waals surface area contributed by atoms with Crippen molar-refractivity contribution in [3.05, 3.63) is 28.0 Å². The molecule has 0 aromatic carbocycles. The Hall–Kier alpha value is -1.62. The number of hydrogen-bond acceptors (Lipinski definition) is 3. The van der Waals surface area contributed by atoms with Crippen LogP contribution in [0.4, 0.5) is 0 Å². The first-order valence-corrected chi connectivity index (χ1v) is 7.63. The van der Waals surface area contributed by atoms with Crippen molar-refractivity contribution in [1.82, 2.24) is 4.90 Å². The SMILES string of the molecule is Cc1ccc(/C=C/C(=O)N2CC(C(N)=O)CCC2C)s1. The van der Waals surface area contributed by atoms with E-state index in [0.717, 1.165) is 17.7 Å². The molecule has 4 nitrogen and oxygen atoms in total. The summed E-state index contributed by atoms with van der Waals surface area (Å²) in [6, 6.07) is 4.18. The molecule has 1 aromatic rings. The van der Waals surface area contributed by atoms with Crippen LogP contribution in [-0.2, 0) is 9.59 Å². The lowest BCUT2D eigenvalue weighted by molar-refractivity contribution is -0.133. The number of carbonyl (C=O) groups is 2. The van der Waals surface area contributed by atoms with Gasteiger partial charge in [-0.3, -0.25) is 9.59 Å². The minimum Gasteiger partial charge on any atom is -0.369 e. The number of primary amides is 1. The molecule has 2 heterocycles. The number of nitrogens with zero attached hydrogens (tertiary/aromatic N) is 1. The monoisotopic (exact) mass is 292 g/mol. The molecule has 0 spiro atoms. The lowest BCUT2D eigenvalue weighted by atomic mass is 9.93. The third kappa shape index (κ3) is 3.48. The molecule has 5 heteroatoms. The molecule has 1 saturated heterocycles. The summed E-state index contributed by atoms with van der Waals surface area (Å²) >= 11 is 1.65. The predicted molar refractivity (Wildman–Crippen MR) is 81.2 cm³/mol. The summed E-state index contributed by atoms with van der Waals surface area (Å²) < 4.78 is 0. The fourth-order valence-corrected chi connectivity index (χ4v) is 3.22. The van der Waals surface area contributed by atoms with Crippen molar-refractivity contribution in [3.63, 3.8) is 0 Å². The molecule has 2 amide bonds. The number of rotatable bonds is 3. The van der Waals surface area contributed by atoms with Crippen molar-refractivity contribution in [2.75, 3.05) is 6.54 Å². The third-order valence-electron chi connectivity index (χ3n) is 3.72. The van der Waals surface area contributed by atoms with Crippen LogP contribution in [0.3, 0.4) is 0 Å². The summed E-state index contributed by atoms with van der Waals surface area (Å²) in [5.74, 6) is -0.574. The average molecular weight is 292 g/mol. The molecule has 0 bridgehead atoms. The van der Waals surface area contributed by atoms with Gasteiger partial charge in [0.1, 0.15) is 0 Å².